The number of hydrogen-bond acceptors (Lipinski definition) is 9. The number of nitrogens with two attached hydrogens (primary N) is 1. The zero-order valence-corrected chi connectivity index (χ0v) is 17.4. The van der Waals surface area contributed by atoms with E-state index in [1.54, 1.807) is 20.8 Å². The second-order valence-electron chi connectivity index (χ2n) is 9.22. The molecule has 0 bridgehead atoms. The molecule has 2 aromatic rings. The van der Waals surface area contributed by atoms with Gasteiger partial charge in [0.2, 0.25) is 0 Å². The zero-order chi connectivity index (χ0) is 21.6. The normalized spacial score (nSPS) is 28.8. The first kappa shape index (κ1) is 21.0. The lowest BCUT2D eigenvalue weighted by molar-refractivity contribution is -0.177. The Morgan fingerprint density at radius 3 is 2.60 bits per heavy atom. The van der Waals surface area contributed by atoms with Crippen molar-refractivity contribution in [2.75, 3.05) is 5.73 Å². The summed E-state index contributed by atoms with van der Waals surface area (Å²) in [5.74, 6) is -0.0765. The molecule has 10 nitrogen and oxygen atoms in total. The molecule has 30 heavy (non-hydrogen) atoms. The van der Waals surface area contributed by atoms with Crippen molar-refractivity contribution in [2.24, 2.45) is 11.3 Å². The third-order valence-electron chi connectivity index (χ3n) is 5.98. The molecule has 1 saturated heterocycles. The number of hydrogen-bond donors (Lipinski definition) is 3. The van der Waals surface area contributed by atoms with Crippen LogP contribution in [0.25, 0.3) is 11.2 Å². The fraction of sp³-hybridized carbons (Fsp3) is 0.700. The highest BCUT2D eigenvalue weighted by Crippen LogP contribution is 2.40. The number of carbonyl (C=O) groups excluding carboxylic acids is 1. The quantitative estimate of drug-likeness (QED) is 0.622. The van der Waals surface area contributed by atoms with E-state index in [9.17, 15) is 15.0 Å². The van der Waals surface area contributed by atoms with E-state index in [4.69, 9.17) is 15.2 Å². The summed E-state index contributed by atoms with van der Waals surface area (Å²) in [4.78, 5) is 24.9. The molecular formula is C20H29N5O5. The largest absolute Gasteiger partial charge is 0.459 e. The van der Waals surface area contributed by atoms with Gasteiger partial charge in [-0.25, -0.2) is 15.0 Å². The molecule has 2 aliphatic rings. The van der Waals surface area contributed by atoms with Crippen molar-refractivity contribution in [1.82, 2.24) is 19.5 Å². The molecule has 3 heterocycles. The summed E-state index contributed by atoms with van der Waals surface area (Å²) in [6.45, 7) is 5.35. The van der Waals surface area contributed by atoms with E-state index < -0.39 is 36.1 Å². The third-order valence-corrected chi connectivity index (χ3v) is 5.98. The third kappa shape index (κ3) is 3.63. The van der Waals surface area contributed by atoms with Gasteiger partial charge in [0, 0.05) is 0 Å². The number of aromatic nitrogens is 4. The molecule has 1 unspecified atom stereocenters. The van der Waals surface area contributed by atoms with Crippen molar-refractivity contribution in [3.63, 3.8) is 0 Å². The average Bonchev–Trinajstić information content (AvgIpc) is 3.41. The number of aliphatic hydroxyl groups is 2. The van der Waals surface area contributed by atoms with Crippen LogP contribution in [0.15, 0.2) is 12.7 Å². The van der Waals surface area contributed by atoms with Gasteiger partial charge in [-0.3, -0.25) is 9.36 Å². The second-order valence-corrected chi connectivity index (χ2v) is 9.22. The molecule has 10 heteroatoms. The number of aliphatic hydroxyl groups excluding tert-OH is 2. The van der Waals surface area contributed by atoms with Gasteiger partial charge in [0.05, 0.1) is 11.7 Å². The Bertz CT molecular complexity index is 920. The Labute approximate surface area is 174 Å². The van der Waals surface area contributed by atoms with Crippen molar-refractivity contribution in [1.29, 1.82) is 0 Å². The fourth-order valence-electron chi connectivity index (χ4n) is 4.26. The molecule has 1 aliphatic heterocycles. The first-order valence-corrected chi connectivity index (χ1v) is 10.3. The number of anilines is 1. The summed E-state index contributed by atoms with van der Waals surface area (Å²) in [6, 6.07) is 0. The first-order chi connectivity index (χ1) is 14.2. The van der Waals surface area contributed by atoms with Gasteiger partial charge in [-0.05, 0) is 39.5 Å². The summed E-state index contributed by atoms with van der Waals surface area (Å²) in [5, 5.41) is 21.6. The molecule has 0 spiro atoms. The van der Waals surface area contributed by atoms with E-state index in [0.717, 1.165) is 25.7 Å². The van der Waals surface area contributed by atoms with E-state index in [0.29, 0.717) is 11.2 Å². The molecule has 5 atom stereocenters. The van der Waals surface area contributed by atoms with Crippen LogP contribution in [0.2, 0.25) is 0 Å². The molecule has 1 saturated carbocycles. The summed E-state index contributed by atoms with van der Waals surface area (Å²) in [6.07, 6.45) is 1.64. The molecule has 0 aromatic carbocycles. The summed E-state index contributed by atoms with van der Waals surface area (Å²) >= 11 is 0. The lowest BCUT2D eigenvalue weighted by Crippen LogP contribution is -2.46. The lowest BCUT2D eigenvalue weighted by Gasteiger charge is -2.32. The van der Waals surface area contributed by atoms with Crippen LogP contribution in [0, 0.1) is 11.3 Å². The van der Waals surface area contributed by atoms with Gasteiger partial charge in [-0.15, -0.1) is 0 Å². The monoisotopic (exact) mass is 419 g/mol. The van der Waals surface area contributed by atoms with E-state index in [-0.39, 0.29) is 17.7 Å². The van der Waals surface area contributed by atoms with Crippen LogP contribution >= 0.6 is 0 Å². The fourth-order valence-corrected chi connectivity index (χ4v) is 4.26. The van der Waals surface area contributed by atoms with Crippen LogP contribution in [-0.2, 0) is 14.3 Å². The molecule has 1 aliphatic carbocycles. The minimum atomic E-state index is -1.25. The Morgan fingerprint density at radius 2 is 1.93 bits per heavy atom. The van der Waals surface area contributed by atoms with Gasteiger partial charge in [-0.2, -0.15) is 0 Å². The molecule has 164 valence electrons. The van der Waals surface area contributed by atoms with Crippen molar-refractivity contribution >= 4 is 23.0 Å². The van der Waals surface area contributed by atoms with E-state index in [1.807, 2.05) is 0 Å². The highest BCUT2D eigenvalue weighted by atomic mass is 16.6. The minimum Gasteiger partial charge on any atom is -0.459 e. The predicted octanol–water partition coefficient (Wildman–Crippen LogP) is 1.18. The van der Waals surface area contributed by atoms with Gasteiger partial charge in [0.1, 0.15) is 36.3 Å². The number of ether oxygens (including phenoxy) is 2. The number of esters is 1. The predicted molar refractivity (Wildman–Crippen MR) is 107 cm³/mol. The number of imidazole rings is 1. The number of rotatable bonds is 4. The van der Waals surface area contributed by atoms with Crippen LogP contribution in [0.5, 0.6) is 0 Å². The van der Waals surface area contributed by atoms with Crippen molar-refractivity contribution < 1.29 is 24.5 Å². The molecule has 0 amide bonds. The number of carbonyl (C=O) groups is 1. The van der Waals surface area contributed by atoms with Crippen LogP contribution in [0.1, 0.15) is 52.7 Å². The smallest absolute Gasteiger partial charge is 0.311 e. The maximum Gasteiger partial charge on any atom is 0.311 e. The number of nitrogen functional groups attached to an aromatic ring is 1. The van der Waals surface area contributed by atoms with Crippen LogP contribution in [-0.4, -0.2) is 60.1 Å². The topological polar surface area (TPSA) is 146 Å². The van der Waals surface area contributed by atoms with Gasteiger partial charge in [-0.1, -0.05) is 12.8 Å². The molecule has 4 rings (SSSR count). The highest BCUT2D eigenvalue weighted by Gasteiger charge is 2.51. The average molecular weight is 419 g/mol. The van der Waals surface area contributed by atoms with E-state index >= 15 is 0 Å². The number of nitrogens with zero attached hydrogens (tertiary/aromatic N) is 4. The molecular weight excluding hydrogens is 390 g/mol. The van der Waals surface area contributed by atoms with Crippen LogP contribution in [0.3, 0.4) is 0 Å². The first-order valence-electron chi connectivity index (χ1n) is 10.3. The van der Waals surface area contributed by atoms with Gasteiger partial charge < -0.3 is 25.4 Å². The van der Waals surface area contributed by atoms with Gasteiger partial charge in [0.25, 0.3) is 0 Å². The van der Waals surface area contributed by atoms with Crippen LogP contribution in [0.4, 0.5) is 5.82 Å². The van der Waals surface area contributed by atoms with Gasteiger partial charge in [0.15, 0.2) is 17.7 Å². The van der Waals surface area contributed by atoms with Crippen LogP contribution < -0.4 is 5.73 Å². The van der Waals surface area contributed by atoms with Crippen molar-refractivity contribution in [2.45, 2.75) is 77.1 Å². The molecule has 2 fully saturated rings. The Balaban J connectivity index is 1.64. The maximum atomic E-state index is 12.6. The second kappa shape index (κ2) is 7.75. The Kier molecular flexibility index (Phi) is 5.41. The lowest BCUT2D eigenvalue weighted by atomic mass is 9.91. The van der Waals surface area contributed by atoms with Gasteiger partial charge >= 0.3 is 5.97 Å². The summed E-state index contributed by atoms with van der Waals surface area (Å²) in [7, 11) is 0. The summed E-state index contributed by atoms with van der Waals surface area (Å²) < 4.78 is 13.5. The molecule has 4 N–H and O–H groups in total. The molecule has 0 radical (unpaired) electrons. The Morgan fingerprint density at radius 1 is 1.23 bits per heavy atom. The Hall–Kier alpha value is -2.30. The minimum absolute atomic E-state index is 0.0689. The SMILES string of the molecule is CC(C)(C)C(=O)OC(C1CCCC1)[C@H]1O[C@@H](n2cnc3c(N)ncnc32)[C@H](O)[C@@H]1O. The zero-order valence-electron chi connectivity index (χ0n) is 17.4. The summed E-state index contributed by atoms with van der Waals surface area (Å²) in [5.41, 5.74) is 5.94. The van der Waals surface area contributed by atoms with Crippen molar-refractivity contribution in [3.8, 4) is 0 Å². The highest BCUT2D eigenvalue weighted by molar-refractivity contribution is 5.81. The van der Waals surface area contributed by atoms with Crippen molar-refractivity contribution in [3.05, 3.63) is 12.7 Å². The maximum absolute atomic E-state index is 12.6. The van der Waals surface area contributed by atoms with E-state index in [2.05, 4.69) is 15.0 Å². The van der Waals surface area contributed by atoms with E-state index in [1.165, 1.54) is 17.2 Å². The standard InChI is InChI=1S/C20H29N5O5/c1-20(2,3)19(28)30-14(10-6-4-5-7-10)15-12(26)13(27)18(29-15)25-9-24-11-16(21)22-8-23-17(11)25/h8-10,12-15,18,26-27H,4-7H2,1-3H3,(H2,21,22,23)/t12-,13+,14?,15-,18+/m0/s1. The molecule has 2 aromatic heterocycles. The number of fused-ring (bicyclic) bond motifs is 1.